The number of carbonyl (C=O) groups is 2. The summed E-state index contributed by atoms with van der Waals surface area (Å²) >= 11 is 0. The Morgan fingerprint density at radius 1 is 1.23 bits per heavy atom. The maximum Gasteiger partial charge on any atom is 0.259 e. The van der Waals surface area contributed by atoms with Crippen LogP contribution >= 0.6 is 0 Å². The fourth-order valence-corrected chi connectivity index (χ4v) is 3.62. The van der Waals surface area contributed by atoms with Gasteiger partial charge in [0.25, 0.3) is 5.91 Å². The van der Waals surface area contributed by atoms with E-state index in [-0.39, 0.29) is 35.1 Å². The lowest BCUT2D eigenvalue weighted by Gasteiger charge is -2.33. The minimum Gasteiger partial charge on any atom is -0.481 e. The van der Waals surface area contributed by atoms with Crippen LogP contribution in [0.2, 0.25) is 0 Å². The Morgan fingerprint density at radius 3 is 2.50 bits per heavy atom. The molecular formula is C19H27N3O4. The number of aromatic nitrogens is 1. The van der Waals surface area contributed by atoms with E-state index in [1.54, 1.807) is 12.1 Å². The van der Waals surface area contributed by atoms with Gasteiger partial charge in [0, 0.05) is 31.1 Å². The lowest BCUT2D eigenvalue weighted by atomic mass is 9.92. The lowest BCUT2D eigenvalue weighted by molar-refractivity contribution is -0.124. The number of piperidine rings is 1. The second-order valence-electron chi connectivity index (χ2n) is 7.49. The molecule has 142 valence electrons. The zero-order valence-electron chi connectivity index (χ0n) is 15.9. The standard InChI is InChI=1S/C19H27N3O4/c1-12(2)16(23)20-14-11-19(14)7-9-22(10-8-19)18(24)13-5-6-15(25-3)21-17(13)26-4/h5-6,12,14H,7-11H2,1-4H3,(H,20,23). The molecule has 1 saturated heterocycles. The molecular weight excluding hydrogens is 334 g/mol. The van der Waals surface area contributed by atoms with E-state index in [4.69, 9.17) is 9.47 Å². The number of hydrogen-bond donors (Lipinski definition) is 1. The van der Waals surface area contributed by atoms with Gasteiger partial charge in [0.15, 0.2) is 0 Å². The van der Waals surface area contributed by atoms with E-state index in [1.165, 1.54) is 14.2 Å². The summed E-state index contributed by atoms with van der Waals surface area (Å²) in [5.74, 6) is 0.736. The third-order valence-corrected chi connectivity index (χ3v) is 5.54. The molecule has 0 bridgehead atoms. The van der Waals surface area contributed by atoms with Gasteiger partial charge in [0.05, 0.1) is 14.2 Å². The number of rotatable bonds is 5. The summed E-state index contributed by atoms with van der Waals surface area (Å²) in [6.45, 7) is 5.17. The highest BCUT2D eigenvalue weighted by atomic mass is 16.5. The van der Waals surface area contributed by atoms with Gasteiger partial charge in [0.2, 0.25) is 17.7 Å². The fraction of sp³-hybridized carbons (Fsp3) is 0.632. The summed E-state index contributed by atoms with van der Waals surface area (Å²) in [5.41, 5.74) is 0.619. The average Bonchev–Trinajstić information content (AvgIpc) is 3.31. The van der Waals surface area contributed by atoms with E-state index in [9.17, 15) is 9.59 Å². The molecule has 2 heterocycles. The molecule has 2 amide bonds. The first kappa shape index (κ1) is 18.5. The number of amides is 2. The first-order chi connectivity index (χ1) is 12.4. The third-order valence-electron chi connectivity index (χ3n) is 5.54. The molecule has 1 aromatic rings. The zero-order chi connectivity index (χ0) is 18.9. The monoisotopic (exact) mass is 361 g/mol. The van der Waals surface area contributed by atoms with Gasteiger partial charge in [-0.3, -0.25) is 9.59 Å². The van der Waals surface area contributed by atoms with Gasteiger partial charge in [0.1, 0.15) is 5.56 Å². The van der Waals surface area contributed by atoms with Crippen LogP contribution in [0.15, 0.2) is 12.1 Å². The van der Waals surface area contributed by atoms with Crippen LogP contribution in [-0.2, 0) is 4.79 Å². The highest BCUT2D eigenvalue weighted by Gasteiger charge is 2.56. The van der Waals surface area contributed by atoms with Gasteiger partial charge < -0.3 is 19.7 Å². The molecule has 1 aromatic heterocycles. The Balaban J connectivity index is 1.61. The third kappa shape index (κ3) is 3.48. The number of nitrogens with one attached hydrogen (secondary N) is 1. The Morgan fingerprint density at radius 2 is 1.92 bits per heavy atom. The van der Waals surface area contributed by atoms with E-state index in [0.29, 0.717) is 24.5 Å². The first-order valence-electron chi connectivity index (χ1n) is 9.09. The van der Waals surface area contributed by atoms with Crippen LogP contribution in [0.5, 0.6) is 11.8 Å². The molecule has 0 aromatic carbocycles. The Bertz CT molecular complexity index is 696. The largest absolute Gasteiger partial charge is 0.481 e. The second kappa shape index (κ2) is 7.13. The van der Waals surface area contributed by atoms with Crippen LogP contribution < -0.4 is 14.8 Å². The van der Waals surface area contributed by atoms with Crippen molar-refractivity contribution < 1.29 is 19.1 Å². The lowest BCUT2D eigenvalue weighted by Crippen LogP contribution is -2.42. The molecule has 7 nitrogen and oxygen atoms in total. The van der Waals surface area contributed by atoms with E-state index in [0.717, 1.165) is 19.3 Å². The van der Waals surface area contributed by atoms with Gasteiger partial charge in [-0.1, -0.05) is 13.8 Å². The average molecular weight is 361 g/mol. The van der Waals surface area contributed by atoms with Gasteiger partial charge in [-0.2, -0.15) is 4.98 Å². The van der Waals surface area contributed by atoms with Crippen molar-refractivity contribution in [3.8, 4) is 11.8 Å². The van der Waals surface area contributed by atoms with Crippen LogP contribution in [0.4, 0.5) is 0 Å². The number of likely N-dealkylation sites (tertiary alicyclic amines) is 1. The molecule has 0 radical (unpaired) electrons. The van der Waals surface area contributed by atoms with Crippen LogP contribution in [0.3, 0.4) is 0 Å². The van der Waals surface area contributed by atoms with Crippen molar-refractivity contribution in [1.82, 2.24) is 15.2 Å². The van der Waals surface area contributed by atoms with E-state index >= 15 is 0 Å². The van der Waals surface area contributed by atoms with Gasteiger partial charge in [-0.25, -0.2) is 0 Å². The highest BCUT2D eigenvalue weighted by Crippen LogP contribution is 2.54. The topological polar surface area (TPSA) is 80.8 Å². The molecule has 1 aliphatic carbocycles. The molecule has 2 fully saturated rings. The molecule has 1 atom stereocenters. The summed E-state index contributed by atoms with van der Waals surface area (Å²) in [7, 11) is 3.02. The molecule has 1 N–H and O–H groups in total. The Kier molecular flexibility index (Phi) is 5.07. The molecule has 7 heteroatoms. The number of methoxy groups -OCH3 is 2. The van der Waals surface area contributed by atoms with E-state index < -0.39 is 0 Å². The van der Waals surface area contributed by atoms with Crippen molar-refractivity contribution in [3.63, 3.8) is 0 Å². The summed E-state index contributed by atoms with van der Waals surface area (Å²) in [5, 5.41) is 3.13. The highest BCUT2D eigenvalue weighted by molar-refractivity contribution is 5.96. The molecule has 1 unspecified atom stereocenters. The predicted octanol–water partition coefficient (Wildman–Crippen LogP) is 1.87. The number of hydrogen-bond acceptors (Lipinski definition) is 5. The summed E-state index contributed by atoms with van der Waals surface area (Å²) in [4.78, 5) is 30.8. The van der Waals surface area contributed by atoms with Crippen molar-refractivity contribution in [2.45, 2.75) is 39.2 Å². The molecule has 1 saturated carbocycles. The number of nitrogens with zero attached hydrogens (tertiary/aromatic N) is 2. The number of carbonyl (C=O) groups excluding carboxylic acids is 2. The minimum absolute atomic E-state index is 0.00403. The summed E-state index contributed by atoms with van der Waals surface area (Å²) < 4.78 is 10.3. The van der Waals surface area contributed by atoms with Crippen molar-refractivity contribution in [2.75, 3.05) is 27.3 Å². The second-order valence-corrected chi connectivity index (χ2v) is 7.49. The molecule has 1 aliphatic heterocycles. The fourth-order valence-electron chi connectivity index (χ4n) is 3.62. The van der Waals surface area contributed by atoms with Gasteiger partial charge >= 0.3 is 0 Å². The molecule has 3 rings (SSSR count). The molecule has 26 heavy (non-hydrogen) atoms. The van der Waals surface area contributed by atoms with Crippen LogP contribution in [0.25, 0.3) is 0 Å². The predicted molar refractivity (Wildman–Crippen MR) is 96.3 cm³/mol. The maximum absolute atomic E-state index is 12.9. The minimum atomic E-state index is -0.0738. The van der Waals surface area contributed by atoms with Gasteiger partial charge in [-0.05, 0) is 30.7 Å². The zero-order valence-corrected chi connectivity index (χ0v) is 15.9. The summed E-state index contributed by atoms with van der Waals surface area (Å²) in [6.07, 6.45) is 2.84. The van der Waals surface area contributed by atoms with Crippen LogP contribution in [-0.4, -0.2) is 55.0 Å². The summed E-state index contributed by atoms with van der Waals surface area (Å²) in [6, 6.07) is 3.62. The first-order valence-corrected chi connectivity index (χ1v) is 9.09. The van der Waals surface area contributed by atoms with E-state index in [1.807, 2.05) is 18.7 Å². The van der Waals surface area contributed by atoms with Crippen LogP contribution in [0.1, 0.15) is 43.5 Å². The Hall–Kier alpha value is -2.31. The maximum atomic E-state index is 12.9. The van der Waals surface area contributed by atoms with Crippen LogP contribution in [0, 0.1) is 11.3 Å². The number of pyridine rings is 1. The molecule has 2 aliphatic rings. The van der Waals surface area contributed by atoms with Gasteiger partial charge in [-0.15, -0.1) is 0 Å². The van der Waals surface area contributed by atoms with Crippen molar-refractivity contribution in [2.24, 2.45) is 11.3 Å². The SMILES string of the molecule is COc1ccc(C(=O)N2CCC3(CC2)CC3NC(=O)C(C)C)c(OC)n1. The van der Waals surface area contributed by atoms with Crippen molar-refractivity contribution in [1.29, 1.82) is 0 Å². The number of ether oxygens (including phenoxy) is 2. The van der Waals surface area contributed by atoms with E-state index in [2.05, 4.69) is 10.3 Å². The molecule has 1 spiro atoms. The smallest absolute Gasteiger partial charge is 0.259 e. The Labute approximate surface area is 154 Å². The quantitative estimate of drug-likeness (QED) is 0.866. The van der Waals surface area contributed by atoms with Crippen molar-refractivity contribution in [3.05, 3.63) is 17.7 Å². The van der Waals surface area contributed by atoms with Crippen molar-refractivity contribution >= 4 is 11.8 Å². The normalized spacial score (nSPS) is 20.8.